The van der Waals surface area contributed by atoms with Gasteiger partial charge in [-0.2, -0.15) is 0 Å². The molecule has 0 saturated carbocycles. The van der Waals surface area contributed by atoms with Gasteiger partial charge in [-0.3, -0.25) is 0 Å². The van der Waals surface area contributed by atoms with Crippen LogP contribution in [0.4, 0.5) is 0 Å². The fraction of sp³-hybridized carbons (Fsp3) is 0.750. The van der Waals surface area contributed by atoms with Gasteiger partial charge in [-0.1, -0.05) is 6.92 Å². The second-order valence-electron chi connectivity index (χ2n) is 4.61. The lowest BCUT2D eigenvalue weighted by molar-refractivity contribution is 0.194. The van der Waals surface area contributed by atoms with E-state index in [-0.39, 0.29) is 6.10 Å². The molecule has 2 heterocycles. The molecular formula is C12H20N2OS. The van der Waals surface area contributed by atoms with Crippen LogP contribution in [0, 0.1) is 0 Å². The van der Waals surface area contributed by atoms with Gasteiger partial charge in [0.05, 0.1) is 16.8 Å². The average molecular weight is 240 g/mol. The van der Waals surface area contributed by atoms with Gasteiger partial charge in [0, 0.05) is 24.3 Å². The minimum Gasteiger partial charge on any atom is -0.393 e. The van der Waals surface area contributed by atoms with Gasteiger partial charge in [-0.15, -0.1) is 11.3 Å². The maximum atomic E-state index is 9.32. The number of thiazole rings is 1. The average Bonchev–Trinajstić information content (AvgIpc) is 2.83. The summed E-state index contributed by atoms with van der Waals surface area (Å²) >= 11 is 1.75. The van der Waals surface area contributed by atoms with E-state index >= 15 is 0 Å². The van der Waals surface area contributed by atoms with Crippen LogP contribution in [0.5, 0.6) is 0 Å². The Morgan fingerprint density at radius 3 is 3.12 bits per heavy atom. The third-order valence-electron chi connectivity index (χ3n) is 3.14. The van der Waals surface area contributed by atoms with E-state index in [1.54, 1.807) is 11.3 Å². The van der Waals surface area contributed by atoms with Gasteiger partial charge >= 0.3 is 0 Å². The smallest absolute Gasteiger partial charge is 0.0972 e. The van der Waals surface area contributed by atoms with Crippen LogP contribution in [-0.2, 0) is 6.42 Å². The van der Waals surface area contributed by atoms with Gasteiger partial charge in [0.25, 0.3) is 0 Å². The minimum absolute atomic E-state index is 0.286. The summed E-state index contributed by atoms with van der Waals surface area (Å²) in [7, 11) is 0. The zero-order valence-corrected chi connectivity index (χ0v) is 10.8. The zero-order valence-electron chi connectivity index (χ0n) is 10.0. The van der Waals surface area contributed by atoms with Crippen molar-refractivity contribution in [1.29, 1.82) is 0 Å². The fourth-order valence-electron chi connectivity index (χ4n) is 2.23. The quantitative estimate of drug-likeness (QED) is 0.873. The topological polar surface area (TPSA) is 36.4 Å². The van der Waals surface area contributed by atoms with Crippen LogP contribution >= 0.6 is 11.3 Å². The Morgan fingerprint density at radius 2 is 2.50 bits per heavy atom. The Hall–Kier alpha value is -0.450. The summed E-state index contributed by atoms with van der Waals surface area (Å²) in [4.78, 5) is 7.11. The van der Waals surface area contributed by atoms with Crippen molar-refractivity contribution in [2.24, 2.45) is 0 Å². The number of aliphatic hydroxyl groups is 1. The molecule has 1 aromatic rings. The van der Waals surface area contributed by atoms with Crippen molar-refractivity contribution in [2.45, 2.75) is 38.7 Å². The van der Waals surface area contributed by atoms with Crippen molar-refractivity contribution in [1.82, 2.24) is 9.88 Å². The number of likely N-dealkylation sites (tertiary alicyclic amines) is 1. The van der Waals surface area contributed by atoms with Crippen LogP contribution in [0.1, 0.15) is 36.9 Å². The molecular weight excluding hydrogens is 220 g/mol. The monoisotopic (exact) mass is 240 g/mol. The first-order chi connectivity index (χ1) is 7.69. The summed E-state index contributed by atoms with van der Waals surface area (Å²) < 4.78 is 0. The molecule has 1 saturated heterocycles. The van der Waals surface area contributed by atoms with Gasteiger partial charge in [0.2, 0.25) is 0 Å². The van der Waals surface area contributed by atoms with Crippen LogP contribution < -0.4 is 0 Å². The van der Waals surface area contributed by atoms with Crippen molar-refractivity contribution in [3.63, 3.8) is 0 Å². The highest BCUT2D eigenvalue weighted by molar-refractivity contribution is 7.09. The molecule has 1 aliphatic heterocycles. The maximum absolute atomic E-state index is 9.32. The lowest BCUT2D eigenvalue weighted by Gasteiger charge is -2.11. The lowest BCUT2D eigenvalue weighted by Crippen LogP contribution is -2.19. The number of nitrogens with zero attached hydrogens (tertiary/aromatic N) is 2. The van der Waals surface area contributed by atoms with Gasteiger partial charge in [0.15, 0.2) is 0 Å². The molecule has 0 aromatic carbocycles. The van der Waals surface area contributed by atoms with Crippen LogP contribution in [0.2, 0.25) is 0 Å². The van der Waals surface area contributed by atoms with E-state index in [2.05, 4.69) is 22.2 Å². The second-order valence-corrected chi connectivity index (χ2v) is 5.50. The van der Waals surface area contributed by atoms with Crippen LogP contribution in [0.25, 0.3) is 0 Å². The van der Waals surface area contributed by atoms with Crippen molar-refractivity contribution < 1.29 is 5.11 Å². The van der Waals surface area contributed by atoms with Crippen molar-refractivity contribution in [3.05, 3.63) is 16.1 Å². The highest BCUT2D eigenvalue weighted by atomic mass is 32.1. The van der Waals surface area contributed by atoms with Gasteiger partial charge in [-0.05, 0) is 26.4 Å². The standard InChI is InChI=1S/C12H20N2OS/c1-3-14-5-4-10(7-14)12-13-11(8-16-12)6-9(2)15/h8-10,15H,3-7H2,1-2H3. The molecule has 2 rings (SSSR count). The second kappa shape index (κ2) is 5.25. The Morgan fingerprint density at radius 1 is 1.69 bits per heavy atom. The van der Waals surface area contributed by atoms with Crippen LogP contribution in [0.3, 0.4) is 0 Å². The predicted octanol–water partition coefficient (Wildman–Crippen LogP) is 1.88. The highest BCUT2D eigenvalue weighted by Crippen LogP contribution is 2.29. The first kappa shape index (κ1) is 12.0. The van der Waals surface area contributed by atoms with Crippen LogP contribution in [0.15, 0.2) is 5.38 Å². The lowest BCUT2D eigenvalue weighted by atomic mass is 10.1. The zero-order chi connectivity index (χ0) is 11.5. The number of rotatable bonds is 4. The number of aromatic nitrogens is 1. The molecule has 3 nitrogen and oxygen atoms in total. The Kier molecular flexibility index (Phi) is 3.95. The van der Waals surface area contributed by atoms with Crippen molar-refractivity contribution in [3.8, 4) is 0 Å². The molecule has 0 spiro atoms. The van der Waals surface area contributed by atoms with E-state index in [1.807, 2.05) is 6.92 Å². The molecule has 2 atom stereocenters. The van der Waals surface area contributed by atoms with E-state index in [9.17, 15) is 5.11 Å². The molecule has 1 aromatic heterocycles. The Bertz CT molecular complexity index is 338. The predicted molar refractivity (Wildman–Crippen MR) is 67.0 cm³/mol. The van der Waals surface area contributed by atoms with E-state index in [1.165, 1.54) is 18.0 Å². The minimum atomic E-state index is -0.286. The first-order valence-electron chi connectivity index (χ1n) is 6.03. The molecule has 16 heavy (non-hydrogen) atoms. The third-order valence-corrected chi connectivity index (χ3v) is 4.20. The van der Waals surface area contributed by atoms with Gasteiger partial charge < -0.3 is 10.0 Å². The van der Waals surface area contributed by atoms with E-state index in [4.69, 9.17) is 0 Å². The number of aliphatic hydroxyl groups excluding tert-OH is 1. The fourth-order valence-corrected chi connectivity index (χ4v) is 3.19. The third kappa shape index (κ3) is 2.81. The number of hydrogen-bond acceptors (Lipinski definition) is 4. The molecule has 1 aliphatic rings. The summed E-state index contributed by atoms with van der Waals surface area (Å²) in [6, 6.07) is 0. The van der Waals surface area contributed by atoms with Crippen molar-refractivity contribution >= 4 is 11.3 Å². The van der Waals surface area contributed by atoms with Gasteiger partial charge in [0.1, 0.15) is 0 Å². The van der Waals surface area contributed by atoms with Gasteiger partial charge in [-0.25, -0.2) is 4.98 Å². The van der Waals surface area contributed by atoms with E-state index in [0.29, 0.717) is 12.3 Å². The molecule has 0 aliphatic carbocycles. The highest BCUT2D eigenvalue weighted by Gasteiger charge is 2.25. The van der Waals surface area contributed by atoms with E-state index < -0.39 is 0 Å². The molecule has 1 fully saturated rings. The molecule has 0 amide bonds. The normalized spacial score (nSPS) is 23.8. The van der Waals surface area contributed by atoms with E-state index in [0.717, 1.165) is 18.8 Å². The molecule has 0 bridgehead atoms. The molecule has 90 valence electrons. The number of hydrogen-bond donors (Lipinski definition) is 1. The molecule has 0 radical (unpaired) electrons. The first-order valence-corrected chi connectivity index (χ1v) is 6.91. The van der Waals surface area contributed by atoms with Crippen molar-refractivity contribution in [2.75, 3.05) is 19.6 Å². The number of likely N-dealkylation sites (N-methyl/N-ethyl adjacent to an activating group) is 1. The molecule has 2 unspecified atom stereocenters. The molecule has 1 N–H and O–H groups in total. The summed E-state index contributed by atoms with van der Waals surface area (Å²) in [5.74, 6) is 0.618. The Labute approximate surface area is 101 Å². The largest absolute Gasteiger partial charge is 0.393 e. The SMILES string of the molecule is CCN1CCC(c2nc(CC(C)O)cs2)C1. The summed E-state index contributed by atoms with van der Waals surface area (Å²) in [6.45, 7) is 7.52. The van der Waals surface area contributed by atoms with Crippen LogP contribution in [-0.4, -0.2) is 40.7 Å². The Balaban J connectivity index is 1.97. The summed E-state index contributed by atoms with van der Waals surface area (Å²) in [5.41, 5.74) is 1.05. The summed E-state index contributed by atoms with van der Waals surface area (Å²) in [5, 5.41) is 12.7. The summed E-state index contributed by atoms with van der Waals surface area (Å²) in [6.07, 6.45) is 1.63. The maximum Gasteiger partial charge on any atom is 0.0972 e. The molecule has 4 heteroatoms.